The van der Waals surface area contributed by atoms with E-state index in [0.717, 1.165) is 0 Å². The van der Waals surface area contributed by atoms with Crippen LogP contribution in [0.5, 0.6) is 5.75 Å². The van der Waals surface area contributed by atoms with Gasteiger partial charge >= 0.3 is 5.97 Å². The minimum Gasteiger partial charge on any atom is -0.483 e. The van der Waals surface area contributed by atoms with Crippen molar-refractivity contribution in [3.05, 3.63) is 28.5 Å². The van der Waals surface area contributed by atoms with Gasteiger partial charge < -0.3 is 15.2 Å². The van der Waals surface area contributed by atoms with Crippen LogP contribution in [0.3, 0.4) is 0 Å². The van der Waals surface area contributed by atoms with Gasteiger partial charge in [-0.2, -0.15) is 0 Å². The number of aliphatic carboxylic acids is 1. The molecular formula is C13H15BrFNO4. The second-order valence-electron chi connectivity index (χ2n) is 4.87. The van der Waals surface area contributed by atoms with E-state index in [1.165, 1.54) is 18.2 Å². The fourth-order valence-electron chi connectivity index (χ4n) is 1.57. The Morgan fingerprint density at radius 2 is 2.10 bits per heavy atom. The molecule has 1 aromatic carbocycles. The Balaban J connectivity index is 2.53. The maximum atomic E-state index is 12.9. The standard InChI is InChI=1S/C13H15BrFNO4/c1-13(2,6-12(18)19)16-11(17)7-20-10-4-3-8(15)5-9(10)14/h3-5H,6-7H2,1-2H3,(H,16,17)(H,18,19). The second-order valence-corrected chi connectivity index (χ2v) is 5.72. The van der Waals surface area contributed by atoms with Gasteiger partial charge in [0.25, 0.3) is 5.91 Å². The lowest BCUT2D eigenvalue weighted by Gasteiger charge is -2.24. The summed E-state index contributed by atoms with van der Waals surface area (Å²) in [5.74, 6) is -1.54. The van der Waals surface area contributed by atoms with E-state index in [9.17, 15) is 14.0 Å². The summed E-state index contributed by atoms with van der Waals surface area (Å²) >= 11 is 3.12. The molecule has 5 nitrogen and oxygen atoms in total. The van der Waals surface area contributed by atoms with E-state index in [0.29, 0.717) is 10.2 Å². The highest BCUT2D eigenvalue weighted by atomic mass is 79.9. The van der Waals surface area contributed by atoms with Gasteiger partial charge in [0.15, 0.2) is 6.61 Å². The number of hydrogen-bond acceptors (Lipinski definition) is 3. The molecule has 1 rings (SSSR count). The normalized spacial score (nSPS) is 11.0. The summed E-state index contributed by atoms with van der Waals surface area (Å²) in [4.78, 5) is 22.3. The van der Waals surface area contributed by atoms with E-state index in [1.807, 2.05) is 0 Å². The van der Waals surface area contributed by atoms with E-state index < -0.39 is 23.2 Å². The average Bonchev–Trinajstić information content (AvgIpc) is 2.24. The van der Waals surface area contributed by atoms with Gasteiger partial charge in [-0.25, -0.2) is 4.39 Å². The van der Waals surface area contributed by atoms with Crippen LogP contribution in [0.25, 0.3) is 0 Å². The highest BCUT2D eigenvalue weighted by Crippen LogP contribution is 2.25. The summed E-state index contributed by atoms with van der Waals surface area (Å²) in [7, 11) is 0. The molecule has 20 heavy (non-hydrogen) atoms. The number of carbonyl (C=O) groups excluding carboxylic acids is 1. The van der Waals surface area contributed by atoms with Crippen LogP contribution in [0.2, 0.25) is 0 Å². The zero-order valence-corrected chi connectivity index (χ0v) is 12.7. The lowest BCUT2D eigenvalue weighted by Crippen LogP contribution is -2.46. The van der Waals surface area contributed by atoms with E-state index in [-0.39, 0.29) is 13.0 Å². The molecular weight excluding hydrogens is 333 g/mol. The molecule has 0 radical (unpaired) electrons. The number of halogens is 2. The van der Waals surface area contributed by atoms with E-state index >= 15 is 0 Å². The molecule has 0 aliphatic heterocycles. The highest BCUT2D eigenvalue weighted by molar-refractivity contribution is 9.10. The summed E-state index contributed by atoms with van der Waals surface area (Å²) in [6, 6.07) is 3.84. The number of nitrogens with one attached hydrogen (secondary N) is 1. The molecule has 0 aromatic heterocycles. The Kier molecular flexibility index (Phi) is 5.50. The topological polar surface area (TPSA) is 75.6 Å². The van der Waals surface area contributed by atoms with Crippen LogP contribution in [0, 0.1) is 5.82 Å². The van der Waals surface area contributed by atoms with E-state index in [1.54, 1.807) is 13.8 Å². The molecule has 0 aliphatic carbocycles. The third-order valence-corrected chi connectivity index (χ3v) is 2.94. The van der Waals surface area contributed by atoms with Gasteiger partial charge in [0.05, 0.1) is 10.9 Å². The third-order valence-electron chi connectivity index (χ3n) is 2.32. The predicted molar refractivity (Wildman–Crippen MR) is 74.1 cm³/mol. The van der Waals surface area contributed by atoms with Crippen molar-refractivity contribution in [1.82, 2.24) is 5.32 Å². The predicted octanol–water partition coefficient (Wildman–Crippen LogP) is 2.34. The lowest BCUT2D eigenvalue weighted by atomic mass is 10.0. The molecule has 0 heterocycles. The lowest BCUT2D eigenvalue weighted by molar-refractivity contribution is -0.138. The third kappa shape index (κ3) is 5.56. The molecule has 2 N–H and O–H groups in total. The van der Waals surface area contributed by atoms with Crippen molar-refractivity contribution in [2.45, 2.75) is 25.8 Å². The van der Waals surface area contributed by atoms with E-state index in [4.69, 9.17) is 9.84 Å². The summed E-state index contributed by atoms with van der Waals surface area (Å²) in [5.41, 5.74) is -0.869. The zero-order chi connectivity index (χ0) is 15.3. The fourth-order valence-corrected chi connectivity index (χ4v) is 2.04. The second kappa shape index (κ2) is 6.69. The Hall–Kier alpha value is -1.63. The molecule has 0 bridgehead atoms. The van der Waals surface area contributed by atoms with Crippen LogP contribution in [0.1, 0.15) is 20.3 Å². The van der Waals surface area contributed by atoms with Crippen LogP contribution in [-0.2, 0) is 9.59 Å². The number of amides is 1. The minimum atomic E-state index is -1.00. The molecule has 0 saturated heterocycles. The molecule has 0 saturated carbocycles. The monoisotopic (exact) mass is 347 g/mol. The molecule has 0 unspecified atom stereocenters. The Bertz CT molecular complexity index is 519. The maximum Gasteiger partial charge on any atom is 0.305 e. The number of benzene rings is 1. The SMILES string of the molecule is CC(C)(CC(=O)O)NC(=O)COc1ccc(F)cc1Br. The van der Waals surface area contributed by atoms with Crippen molar-refractivity contribution in [3.8, 4) is 5.75 Å². The first-order valence-corrected chi connectivity index (χ1v) is 6.59. The summed E-state index contributed by atoms with van der Waals surface area (Å²) in [6.45, 7) is 2.92. The first-order valence-electron chi connectivity index (χ1n) is 5.80. The molecule has 1 amide bonds. The molecule has 110 valence electrons. The van der Waals surface area contributed by atoms with Crippen LogP contribution in [0.4, 0.5) is 4.39 Å². The van der Waals surface area contributed by atoms with E-state index in [2.05, 4.69) is 21.2 Å². The van der Waals surface area contributed by atoms with Gasteiger partial charge in [0.1, 0.15) is 11.6 Å². The Morgan fingerprint density at radius 1 is 1.45 bits per heavy atom. The number of ether oxygens (including phenoxy) is 1. The number of carboxylic acid groups (broad SMARTS) is 1. The minimum absolute atomic E-state index is 0.195. The van der Waals surface area contributed by atoms with Crippen molar-refractivity contribution < 1.29 is 23.8 Å². The van der Waals surface area contributed by atoms with Crippen LogP contribution in [-0.4, -0.2) is 29.1 Å². The Labute approximate surface area is 124 Å². The van der Waals surface area contributed by atoms with Crippen LogP contribution >= 0.6 is 15.9 Å². The summed E-state index contributed by atoms with van der Waals surface area (Å²) in [5, 5.41) is 11.3. The Morgan fingerprint density at radius 3 is 2.65 bits per heavy atom. The average molecular weight is 348 g/mol. The molecule has 7 heteroatoms. The first-order chi connectivity index (χ1) is 9.19. The van der Waals surface area contributed by atoms with Gasteiger partial charge in [0, 0.05) is 5.54 Å². The van der Waals surface area contributed by atoms with Crippen LogP contribution < -0.4 is 10.1 Å². The van der Waals surface area contributed by atoms with Gasteiger partial charge in [-0.05, 0) is 48.0 Å². The molecule has 0 aliphatic rings. The number of carboxylic acids is 1. The van der Waals surface area contributed by atoms with Crippen LogP contribution in [0.15, 0.2) is 22.7 Å². The fraction of sp³-hybridized carbons (Fsp3) is 0.385. The first kappa shape index (κ1) is 16.4. The maximum absolute atomic E-state index is 12.9. The number of hydrogen-bond donors (Lipinski definition) is 2. The van der Waals surface area contributed by atoms with Crippen molar-refractivity contribution in [2.75, 3.05) is 6.61 Å². The van der Waals surface area contributed by atoms with Crippen molar-refractivity contribution in [2.24, 2.45) is 0 Å². The summed E-state index contributed by atoms with van der Waals surface area (Å²) in [6.07, 6.45) is -0.195. The summed E-state index contributed by atoms with van der Waals surface area (Å²) < 4.78 is 18.5. The zero-order valence-electron chi connectivity index (χ0n) is 11.1. The quantitative estimate of drug-likeness (QED) is 0.828. The van der Waals surface area contributed by atoms with Gasteiger partial charge in [-0.1, -0.05) is 0 Å². The molecule has 1 aromatic rings. The van der Waals surface area contributed by atoms with Gasteiger partial charge in [-0.15, -0.1) is 0 Å². The molecule has 0 fully saturated rings. The smallest absolute Gasteiger partial charge is 0.305 e. The van der Waals surface area contributed by atoms with Crippen molar-refractivity contribution in [1.29, 1.82) is 0 Å². The van der Waals surface area contributed by atoms with Crippen molar-refractivity contribution in [3.63, 3.8) is 0 Å². The molecule has 0 spiro atoms. The van der Waals surface area contributed by atoms with Crippen molar-refractivity contribution >= 4 is 27.8 Å². The number of carbonyl (C=O) groups is 2. The largest absolute Gasteiger partial charge is 0.483 e. The van der Waals surface area contributed by atoms with Gasteiger partial charge in [-0.3, -0.25) is 9.59 Å². The molecule has 0 atom stereocenters. The highest BCUT2D eigenvalue weighted by Gasteiger charge is 2.24. The van der Waals surface area contributed by atoms with Gasteiger partial charge in [0.2, 0.25) is 0 Å². The number of rotatable bonds is 6.